The van der Waals surface area contributed by atoms with Crippen LogP contribution in [0.15, 0.2) is 29.6 Å². The number of amides is 1. The second kappa shape index (κ2) is 8.06. The van der Waals surface area contributed by atoms with Gasteiger partial charge in [-0.15, -0.1) is 11.3 Å². The fourth-order valence-electron chi connectivity index (χ4n) is 2.17. The van der Waals surface area contributed by atoms with E-state index in [1.54, 1.807) is 23.3 Å². The van der Waals surface area contributed by atoms with E-state index in [9.17, 15) is 4.79 Å². The molecule has 0 fully saturated rings. The van der Waals surface area contributed by atoms with Gasteiger partial charge in [0.25, 0.3) is 0 Å². The van der Waals surface area contributed by atoms with Gasteiger partial charge in [0.1, 0.15) is 0 Å². The Morgan fingerprint density at radius 1 is 1.32 bits per heavy atom. The topological polar surface area (TPSA) is 42.4 Å². The van der Waals surface area contributed by atoms with Gasteiger partial charge in [0, 0.05) is 38.3 Å². The van der Waals surface area contributed by atoms with Crippen molar-refractivity contribution >= 4 is 17.2 Å². The van der Waals surface area contributed by atoms with Gasteiger partial charge in [-0.05, 0) is 18.9 Å². The van der Waals surface area contributed by atoms with Crippen molar-refractivity contribution in [3.8, 4) is 11.3 Å². The minimum Gasteiger partial charge on any atom is -0.385 e. The van der Waals surface area contributed by atoms with Crippen molar-refractivity contribution in [2.45, 2.75) is 19.8 Å². The third-order valence-corrected chi connectivity index (χ3v) is 4.27. The molecular formula is C17H22N2O2S. The van der Waals surface area contributed by atoms with Crippen LogP contribution in [0.4, 0.5) is 0 Å². The van der Waals surface area contributed by atoms with Crippen LogP contribution in [0.1, 0.15) is 17.0 Å². The molecule has 0 bridgehead atoms. The molecule has 2 rings (SSSR count). The highest BCUT2D eigenvalue weighted by Crippen LogP contribution is 2.22. The van der Waals surface area contributed by atoms with Crippen LogP contribution in [0.3, 0.4) is 0 Å². The number of nitrogens with zero attached hydrogens (tertiary/aromatic N) is 2. The normalized spacial score (nSPS) is 10.7. The molecule has 0 atom stereocenters. The SMILES string of the molecule is COCCCN(C)C(=O)Cc1ccc(-c2csc(C)n2)cc1. The molecular weight excluding hydrogens is 296 g/mol. The molecule has 0 saturated heterocycles. The molecule has 22 heavy (non-hydrogen) atoms. The van der Waals surface area contributed by atoms with Crippen LogP contribution in [0.2, 0.25) is 0 Å². The van der Waals surface area contributed by atoms with Crippen LogP contribution in [-0.2, 0) is 16.0 Å². The molecule has 0 radical (unpaired) electrons. The number of aryl methyl sites for hydroxylation is 1. The second-order valence-corrected chi connectivity index (χ2v) is 6.35. The van der Waals surface area contributed by atoms with Gasteiger partial charge in [-0.3, -0.25) is 4.79 Å². The lowest BCUT2D eigenvalue weighted by Gasteiger charge is -2.17. The van der Waals surface area contributed by atoms with E-state index >= 15 is 0 Å². The lowest BCUT2D eigenvalue weighted by atomic mass is 10.1. The van der Waals surface area contributed by atoms with Gasteiger partial charge in [0.2, 0.25) is 5.91 Å². The first-order valence-corrected chi connectivity index (χ1v) is 8.22. The first-order valence-electron chi connectivity index (χ1n) is 7.34. The summed E-state index contributed by atoms with van der Waals surface area (Å²) in [6.45, 7) is 3.41. The highest BCUT2D eigenvalue weighted by atomic mass is 32.1. The summed E-state index contributed by atoms with van der Waals surface area (Å²) in [6.07, 6.45) is 1.29. The van der Waals surface area contributed by atoms with Gasteiger partial charge >= 0.3 is 0 Å². The van der Waals surface area contributed by atoms with E-state index in [1.807, 2.05) is 38.2 Å². The summed E-state index contributed by atoms with van der Waals surface area (Å²) in [5.41, 5.74) is 3.12. The van der Waals surface area contributed by atoms with Gasteiger partial charge in [-0.1, -0.05) is 24.3 Å². The molecule has 0 aliphatic carbocycles. The maximum Gasteiger partial charge on any atom is 0.226 e. The Kier molecular flexibility index (Phi) is 6.10. The summed E-state index contributed by atoms with van der Waals surface area (Å²) in [7, 11) is 3.51. The molecule has 5 heteroatoms. The third-order valence-electron chi connectivity index (χ3n) is 3.49. The van der Waals surface area contributed by atoms with E-state index in [0.29, 0.717) is 13.0 Å². The van der Waals surface area contributed by atoms with Gasteiger partial charge in [-0.25, -0.2) is 4.98 Å². The molecule has 0 saturated carbocycles. The molecule has 0 unspecified atom stereocenters. The number of aromatic nitrogens is 1. The van der Waals surface area contributed by atoms with Crippen molar-refractivity contribution in [2.75, 3.05) is 27.3 Å². The molecule has 1 amide bonds. The van der Waals surface area contributed by atoms with Crippen LogP contribution < -0.4 is 0 Å². The monoisotopic (exact) mass is 318 g/mol. The number of methoxy groups -OCH3 is 1. The second-order valence-electron chi connectivity index (χ2n) is 5.29. The summed E-state index contributed by atoms with van der Waals surface area (Å²) < 4.78 is 5.00. The molecule has 0 spiro atoms. The van der Waals surface area contributed by atoms with Gasteiger partial charge in [0.15, 0.2) is 0 Å². The number of carbonyl (C=O) groups is 1. The third kappa shape index (κ3) is 4.64. The quantitative estimate of drug-likeness (QED) is 0.737. The summed E-state index contributed by atoms with van der Waals surface area (Å²) in [4.78, 5) is 18.4. The number of carbonyl (C=O) groups excluding carboxylic acids is 1. The van der Waals surface area contributed by atoms with E-state index in [0.717, 1.165) is 34.8 Å². The summed E-state index contributed by atoms with van der Waals surface area (Å²) >= 11 is 1.65. The van der Waals surface area contributed by atoms with Crippen LogP contribution in [0.25, 0.3) is 11.3 Å². The number of likely N-dealkylation sites (N-methyl/N-ethyl adjacent to an activating group) is 1. The van der Waals surface area contributed by atoms with E-state index in [-0.39, 0.29) is 5.91 Å². The Morgan fingerprint density at radius 2 is 2.05 bits per heavy atom. The van der Waals surface area contributed by atoms with Crippen LogP contribution in [0.5, 0.6) is 0 Å². The van der Waals surface area contributed by atoms with E-state index in [1.165, 1.54) is 0 Å². The van der Waals surface area contributed by atoms with Crippen molar-refractivity contribution in [3.05, 3.63) is 40.2 Å². The number of benzene rings is 1. The predicted molar refractivity (Wildman–Crippen MR) is 90.1 cm³/mol. The van der Waals surface area contributed by atoms with Crippen molar-refractivity contribution in [3.63, 3.8) is 0 Å². The molecule has 1 aromatic heterocycles. The standard InChI is InChI=1S/C17H22N2O2S/c1-13-18-16(12-22-13)15-7-5-14(6-8-15)11-17(20)19(2)9-4-10-21-3/h5-8,12H,4,9-11H2,1-3H3. The van der Waals surface area contributed by atoms with E-state index in [2.05, 4.69) is 10.4 Å². The Morgan fingerprint density at radius 3 is 2.64 bits per heavy atom. The van der Waals surface area contributed by atoms with Crippen molar-refractivity contribution in [1.29, 1.82) is 0 Å². The number of hydrogen-bond acceptors (Lipinski definition) is 4. The van der Waals surface area contributed by atoms with Crippen LogP contribution in [-0.4, -0.2) is 43.1 Å². The zero-order valence-electron chi connectivity index (χ0n) is 13.3. The molecule has 0 N–H and O–H groups in total. The Balaban J connectivity index is 1.92. The largest absolute Gasteiger partial charge is 0.385 e. The lowest BCUT2D eigenvalue weighted by Crippen LogP contribution is -2.29. The highest BCUT2D eigenvalue weighted by molar-refractivity contribution is 7.09. The average molecular weight is 318 g/mol. The maximum absolute atomic E-state index is 12.1. The first-order chi connectivity index (χ1) is 10.6. The van der Waals surface area contributed by atoms with Gasteiger partial charge in [-0.2, -0.15) is 0 Å². The highest BCUT2D eigenvalue weighted by Gasteiger charge is 2.10. The molecule has 1 heterocycles. The fraction of sp³-hybridized carbons (Fsp3) is 0.412. The number of hydrogen-bond donors (Lipinski definition) is 0. The van der Waals surface area contributed by atoms with Crippen molar-refractivity contribution < 1.29 is 9.53 Å². The van der Waals surface area contributed by atoms with Crippen LogP contribution >= 0.6 is 11.3 Å². The molecule has 2 aromatic rings. The Hall–Kier alpha value is -1.72. The predicted octanol–water partition coefficient (Wildman–Crippen LogP) is 3.16. The number of ether oxygens (including phenoxy) is 1. The van der Waals surface area contributed by atoms with Gasteiger partial charge in [0.05, 0.1) is 17.1 Å². The maximum atomic E-state index is 12.1. The van der Waals surface area contributed by atoms with Gasteiger partial charge < -0.3 is 9.64 Å². The minimum atomic E-state index is 0.133. The summed E-state index contributed by atoms with van der Waals surface area (Å²) in [5, 5.41) is 3.12. The molecule has 4 nitrogen and oxygen atoms in total. The van der Waals surface area contributed by atoms with E-state index < -0.39 is 0 Å². The summed E-state index contributed by atoms with van der Waals surface area (Å²) in [5.74, 6) is 0.133. The zero-order chi connectivity index (χ0) is 15.9. The number of thiazole rings is 1. The first kappa shape index (κ1) is 16.6. The smallest absolute Gasteiger partial charge is 0.226 e. The molecule has 1 aromatic carbocycles. The van der Waals surface area contributed by atoms with E-state index in [4.69, 9.17) is 4.74 Å². The molecule has 0 aliphatic heterocycles. The fourth-order valence-corrected chi connectivity index (χ4v) is 2.79. The van der Waals surface area contributed by atoms with Crippen LogP contribution in [0, 0.1) is 6.92 Å². The van der Waals surface area contributed by atoms with Crippen molar-refractivity contribution in [1.82, 2.24) is 9.88 Å². The average Bonchev–Trinajstić information content (AvgIpc) is 2.94. The lowest BCUT2D eigenvalue weighted by molar-refractivity contribution is -0.129. The minimum absolute atomic E-state index is 0.133. The van der Waals surface area contributed by atoms with Crippen molar-refractivity contribution in [2.24, 2.45) is 0 Å². The molecule has 0 aliphatic rings. The molecule has 118 valence electrons. The number of rotatable bonds is 7. The summed E-state index contributed by atoms with van der Waals surface area (Å²) in [6, 6.07) is 8.07. The Labute approximate surface area is 135 Å². The Bertz CT molecular complexity index is 607. The zero-order valence-corrected chi connectivity index (χ0v) is 14.2.